The van der Waals surface area contributed by atoms with E-state index in [9.17, 15) is 0 Å². The minimum Gasteiger partial charge on any atom is -0.497 e. The quantitative estimate of drug-likeness (QED) is 0.844. The Morgan fingerprint density at radius 1 is 1.05 bits per heavy atom. The van der Waals surface area contributed by atoms with Crippen LogP contribution in [0.25, 0.3) is 0 Å². The first-order valence-corrected chi connectivity index (χ1v) is 6.78. The van der Waals surface area contributed by atoms with Crippen molar-refractivity contribution in [3.63, 3.8) is 0 Å². The Bertz CT molecular complexity index is 641. The number of thiocarbonyl (C=S) groups is 1. The number of methoxy groups -OCH3 is 1. The van der Waals surface area contributed by atoms with Crippen LogP contribution in [0.2, 0.25) is 10.0 Å². The van der Waals surface area contributed by atoms with Crippen LogP contribution in [0.1, 0.15) is 5.56 Å². The summed E-state index contributed by atoms with van der Waals surface area (Å²) < 4.78 is 10.9. The van der Waals surface area contributed by atoms with Gasteiger partial charge in [0.15, 0.2) is 0 Å². The third kappa shape index (κ3) is 3.54. The molecule has 0 saturated carbocycles. The standard InChI is InChI=1S/C14H11Cl2NO2S/c1-18-10-2-3-12(14(17)20)13(7-10)19-11-5-8(15)4-9(16)6-11/h2-7H,1H3,(H2,17,20). The van der Waals surface area contributed by atoms with Crippen molar-refractivity contribution in [3.05, 3.63) is 52.0 Å². The second kappa shape index (κ2) is 6.31. The lowest BCUT2D eigenvalue weighted by Crippen LogP contribution is -2.10. The topological polar surface area (TPSA) is 44.5 Å². The molecule has 2 aromatic rings. The maximum Gasteiger partial charge on any atom is 0.141 e. The van der Waals surface area contributed by atoms with Gasteiger partial charge in [0, 0.05) is 16.1 Å². The number of halogens is 2. The molecule has 2 N–H and O–H groups in total. The molecule has 104 valence electrons. The highest BCUT2D eigenvalue weighted by Gasteiger charge is 2.10. The summed E-state index contributed by atoms with van der Waals surface area (Å²) in [6, 6.07) is 10.1. The van der Waals surface area contributed by atoms with E-state index in [1.807, 2.05) is 0 Å². The fourth-order valence-electron chi connectivity index (χ4n) is 1.63. The molecule has 0 aromatic heterocycles. The minimum atomic E-state index is 0.232. The van der Waals surface area contributed by atoms with Crippen LogP contribution in [-0.4, -0.2) is 12.1 Å². The Morgan fingerprint density at radius 3 is 2.25 bits per heavy atom. The molecule has 0 aliphatic carbocycles. The number of ether oxygens (including phenoxy) is 2. The predicted octanol–water partition coefficient (Wildman–Crippen LogP) is 4.43. The van der Waals surface area contributed by atoms with Crippen molar-refractivity contribution < 1.29 is 9.47 Å². The lowest BCUT2D eigenvalue weighted by molar-refractivity contribution is 0.409. The molecule has 2 rings (SSSR count). The maximum atomic E-state index is 5.94. The van der Waals surface area contributed by atoms with E-state index < -0.39 is 0 Å². The third-order valence-electron chi connectivity index (χ3n) is 2.52. The van der Waals surface area contributed by atoms with Gasteiger partial charge in [-0.05, 0) is 30.3 Å². The second-order valence-electron chi connectivity index (χ2n) is 3.93. The van der Waals surface area contributed by atoms with Gasteiger partial charge in [0.2, 0.25) is 0 Å². The predicted molar refractivity (Wildman–Crippen MR) is 85.4 cm³/mol. The first-order chi connectivity index (χ1) is 9.49. The van der Waals surface area contributed by atoms with E-state index in [4.69, 9.17) is 50.6 Å². The van der Waals surface area contributed by atoms with Crippen molar-refractivity contribution in [3.8, 4) is 17.2 Å². The van der Waals surface area contributed by atoms with Crippen molar-refractivity contribution >= 4 is 40.4 Å². The largest absolute Gasteiger partial charge is 0.497 e. The van der Waals surface area contributed by atoms with E-state index in [-0.39, 0.29) is 4.99 Å². The molecule has 3 nitrogen and oxygen atoms in total. The molecule has 0 saturated heterocycles. The van der Waals surface area contributed by atoms with Gasteiger partial charge in [-0.25, -0.2) is 0 Å². The molecule has 0 heterocycles. The molecule has 0 radical (unpaired) electrons. The first kappa shape index (κ1) is 14.9. The lowest BCUT2D eigenvalue weighted by Gasteiger charge is -2.12. The highest BCUT2D eigenvalue weighted by atomic mass is 35.5. The molecule has 0 aliphatic heterocycles. The van der Waals surface area contributed by atoms with Gasteiger partial charge in [-0.15, -0.1) is 0 Å². The highest BCUT2D eigenvalue weighted by Crippen LogP contribution is 2.32. The Morgan fingerprint density at radius 2 is 1.70 bits per heavy atom. The average molecular weight is 328 g/mol. The number of hydrogen-bond acceptors (Lipinski definition) is 3. The van der Waals surface area contributed by atoms with Crippen LogP contribution in [0.15, 0.2) is 36.4 Å². The van der Waals surface area contributed by atoms with E-state index in [0.29, 0.717) is 32.9 Å². The van der Waals surface area contributed by atoms with Crippen molar-refractivity contribution in [2.45, 2.75) is 0 Å². The number of benzene rings is 2. The van der Waals surface area contributed by atoms with Crippen molar-refractivity contribution in [1.29, 1.82) is 0 Å². The molecule has 2 aromatic carbocycles. The molecule has 0 bridgehead atoms. The van der Waals surface area contributed by atoms with Gasteiger partial charge >= 0.3 is 0 Å². The van der Waals surface area contributed by atoms with Gasteiger partial charge in [0.05, 0.1) is 12.7 Å². The summed E-state index contributed by atoms with van der Waals surface area (Å²) in [4.78, 5) is 0.232. The monoisotopic (exact) mass is 327 g/mol. The van der Waals surface area contributed by atoms with E-state index in [1.165, 1.54) is 0 Å². The Kier molecular flexibility index (Phi) is 4.70. The second-order valence-corrected chi connectivity index (χ2v) is 5.25. The average Bonchev–Trinajstić information content (AvgIpc) is 2.37. The lowest BCUT2D eigenvalue weighted by atomic mass is 10.2. The zero-order valence-electron chi connectivity index (χ0n) is 10.5. The molecule has 0 aliphatic rings. The smallest absolute Gasteiger partial charge is 0.141 e. The molecular formula is C14H11Cl2NO2S. The van der Waals surface area contributed by atoms with Gasteiger partial charge in [0.25, 0.3) is 0 Å². The van der Waals surface area contributed by atoms with Crippen LogP contribution in [0.5, 0.6) is 17.2 Å². The van der Waals surface area contributed by atoms with Crippen molar-refractivity contribution in [1.82, 2.24) is 0 Å². The fourth-order valence-corrected chi connectivity index (χ4v) is 2.31. The van der Waals surface area contributed by atoms with Crippen LogP contribution in [-0.2, 0) is 0 Å². The molecule has 0 atom stereocenters. The van der Waals surface area contributed by atoms with E-state index in [1.54, 1.807) is 43.5 Å². The Hall–Kier alpha value is -1.49. The van der Waals surface area contributed by atoms with Crippen LogP contribution >= 0.6 is 35.4 Å². The van der Waals surface area contributed by atoms with Gasteiger partial charge < -0.3 is 15.2 Å². The summed E-state index contributed by atoms with van der Waals surface area (Å²) in [6.45, 7) is 0. The number of rotatable bonds is 4. The summed E-state index contributed by atoms with van der Waals surface area (Å²) in [5, 5.41) is 0.958. The summed E-state index contributed by atoms with van der Waals surface area (Å²) in [5.41, 5.74) is 6.29. The molecule has 0 spiro atoms. The first-order valence-electron chi connectivity index (χ1n) is 5.61. The van der Waals surface area contributed by atoms with E-state index >= 15 is 0 Å². The number of hydrogen-bond donors (Lipinski definition) is 1. The Labute approximate surface area is 132 Å². The third-order valence-corrected chi connectivity index (χ3v) is 3.17. The summed E-state index contributed by atoms with van der Waals surface area (Å²) in [7, 11) is 1.57. The molecule has 0 fully saturated rings. The zero-order valence-corrected chi connectivity index (χ0v) is 12.9. The molecular weight excluding hydrogens is 317 g/mol. The van der Waals surface area contributed by atoms with Crippen LogP contribution < -0.4 is 15.2 Å². The van der Waals surface area contributed by atoms with Crippen molar-refractivity contribution in [2.24, 2.45) is 5.73 Å². The fraction of sp³-hybridized carbons (Fsp3) is 0.0714. The van der Waals surface area contributed by atoms with Gasteiger partial charge in [-0.2, -0.15) is 0 Å². The van der Waals surface area contributed by atoms with E-state index in [0.717, 1.165) is 0 Å². The van der Waals surface area contributed by atoms with Crippen LogP contribution in [0, 0.1) is 0 Å². The SMILES string of the molecule is COc1ccc(C(N)=S)c(Oc2cc(Cl)cc(Cl)c2)c1. The maximum absolute atomic E-state index is 5.94. The normalized spacial score (nSPS) is 10.2. The molecule has 20 heavy (non-hydrogen) atoms. The van der Waals surface area contributed by atoms with Gasteiger partial charge in [-0.3, -0.25) is 0 Å². The van der Waals surface area contributed by atoms with Crippen LogP contribution in [0.3, 0.4) is 0 Å². The minimum absolute atomic E-state index is 0.232. The van der Waals surface area contributed by atoms with Gasteiger partial charge in [-0.1, -0.05) is 35.4 Å². The summed E-state index contributed by atoms with van der Waals surface area (Å²) >= 11 is 16.9. The van der Waals surface area contributed by atoms with Gasteiger partial charge in [0.1, 0.15) is 22.2 Å². The number of nitrogens with two attached hydrogens (primary N) is 1. The summed E-state index contributed by atoms with van der Waals surface area (Å²) in [5.74, 6) is 1.61. The van der Waals surface area contributed by atoms with Crippen molar-refractivity contribution in [2.75, 3.05) is 7.11 Å². The summed E-state index contributed by atoms with van der Waals surface area (Å²) in [6.07, 6.45) is 0. The van der Waals surface area contributed by atoms with Crippen LogP contribution in [0.4, 0.5) is 0 Å². The van der Waals surface area contributed by atoms with E-state index in [2.05, 4.69) is 0 Å². The molecule has 6 heteroatoms. The molecule has 0 unspecified atom stereocenters. The zero-order chi connectivity index (χ0) is 14.7. The highest BCUT2D eigenvalue weighted by molar-refractivity contribution is 7.80. The Balaban J connectivity index is 2.42. The molecule has 0 amide bonds.